The van der Waals surface area contributed by atoms with Crippen molar-refractivity contribution in [2.45, 2.75) is 39.5 Å². The Morgan fingerprint density at radius 3 is 2.47 bits per heavy atom. The van der Waals surface area contributed by atoms with Crippen LogP contribution in [0.2, 0.25) is 0 Å². The number of hydrogen-bond acceptors (Lipinski definition) is 6. The fourth-order valence-electron chi connectivity index (χ4n) is 3.85. The minimum Gasteiger partial charge on any atom is -0.462 e. The summed E-state index contributed by atoms with van der Waals surface area (Å²) in [6.45, 7) is 5.06. The average molecular weight is 466 g/mol. The maximum atomic E-state index is 13.5. The first-order valence-electron chi connectivity index (χ1n) is 10.7. The van der Waals surface area contributed by atoms with E-state index in [0.717, 1.165) is 10.5 Å². The maximum Gasteiger partial charge on any atom is 0.352 e. The Balaban J connectivity index is 2.08. The van der Waals surface area contributed by atoms with E-state index in [0.29, 0.717) is 0 Å². The van der Waals surface area contributed by atoms with Crippen LogP contribution in [0, 0.1) is 16.0 Å². The molecule has 1 aliphatic heterocycles. The number of non-ortho nitro benzene ring substituents is 1. The summed E-state index contributed by atoms with van der Waals surface area (Å²) in [5, 5.41) is 11.4. The van der Waals surface area contributed by atoms with Crippen LogP contribution in [0.1, 0.15) is 37.9 Å². The molecule has 0 radical (unpaired) electrons. The molecule has 0 fully saturated rings. The van der Waals surface area contributed by atoms with Gasteiger partial charge in [-0.2, -0.15) is 0 Å². The number of carbonyl (C=O) groups excluding carboxylic acids is 3. The van der Waals surface area contributed by atoms with Crippen molar-refractivity contribution in [2.75, 3.05) is 7.05 Å². The SMILES string of the molecule is CC1=NC(=O)N(C(=O)N(C)Cc2ccccc2)C(c2cccc([N+](=O)[O-])c2)C1C(=O)OC(C)C. The summed E-state index contributed by atoms with van der Waals surface area (Å²) in [6, 6.07) is 12.0. The zero-order chi connectivity index (χ0) is 25.0. The number of urea groups is 2. The number of nitro benzene ring substituents is 1. The third-order valence-electron chi connectivity index (χ3n) is 5.35. The second-order valence-electron chi connectivity index (χ2n) is 8.29. The summed E-state index contributed by atoms with van der Waals surface area (Å²) in [5.74, 6) is -1.79. The molecule has 0 spiro atoms. The van der Waals surface area contributed by atoms with Crippen LogP contribution in [0.3, 0.4) is 0 Å². The van der Waals surface area contributed by atoms with Gasteiger partial charge >= 0.3 is 18.0 Å². The number of amides is 4. The first-order chi connectivity index (χ1) is 16.1. The Morgan fingerprint density at radius 1 is 1.18 bits per heavy atom. The highest BCUT2D eigenvalue weighted by Gasteiger charge is 2.47. The van der Waals surface area contributed by atoms with Crippen LogP contribution in [-0.2, 0) is 16.1 Å². The molecule has 0 saturated heterocycles. The molecule has 4 amide bonds. The lowest BCUT2D eigenvalue weighted by atomic mass is 9.86. The number of nitro groups is 1. The van der Waals surface area contributed by atoms with Crippen LogP contribution >= 0.6 is 0 Å². The van der Waals surface area contributed by atoms with E-state index in [-0.39, 0.29) is 23.5 Å². The van der Waals surface area contributed by atoms with E-state index >= 15 is 0 Å². The fraction of sp³-hybridized carbons (Fsp3) is 0.333. The number of rotatable bonds is 6. The van der Waals surface area contributed by atoms with Crippen LogP contribution in [0.5, 0.6) is 0 Å². The molecule has 0 saturated carbocycles. The van der Waals surface area contributed by atoms with Crippen LogP contribution < -0.4 is 0 Å². The lowest BCUT2D eigenvalue weighted by molar-refractivity contribution is -0.385. The Labute approximate surface area is 197 Å². The van der Waals surface area contributed by atoms with Crippen LogP contribution in [0.4, 0.5) is 15.3 Å². The number of esters is 1. The smallest absolute Gasteiger partial charge is 0.352 e. The van der Waals surface area contributed by atoms with Gasteiger partial charge in [-0.25, -0.2) is 19.5 Å². The Bertz CT molecular complexity index is 1130. The number of benzene rings is 2. The predicted molar refractivity (Wildman–Crippen MR) is 124 cm³/mol. The summed E-state index contributed by atoms with van der Waals surface area (Å²) >= 11 is 0. The third kappa shape index (κ3) is 5.28. The first kappa shape index (κ1) is 24.6. The zero-order valence-corrected chi connectivity index (χ0v) is 19.4. The van der Waals surface area contributed by atoms with Gasteiger partial charge in [0.1, 0.15) is 5.92 Å². The van der Waals surface area contributed by atoms with Crippen molar-refractivity contribution in [3.63, 3.8) is 0 Å². The summed E-state index contributed by atoms with van der Waals surface area (Å²) < 4.78 is 5.39. The molecule has 1 aliphatic rings. The van der Waals surface area contributed by atoms with Gasteiger partial charge < -0.3 is 9.64 Å². The Morgan fingerprint density at radius 2 is 1.85 bits per heavy atom. The second kappa shape index (κ2) is 10.2. The quantitative estimate of drug-likeness (QED) is 0.354. The van der Waals surface area contributed by atoms with E-state index in [2.05, 4.69) is 4.99 Å². The highest BCUT2D eigenvalue weighted by Crippen LogP contribution is 2.37. The third-order valence-corrected chi connectivity index (χ3v) is 5.35. The lowest BCUT2D eigenvalue weighted by Crippen LogP contribution is -2.53. The molecule has 178 valence electrons. The summed E-state index contributed by atoms with van der Waals surface area (Å²) in [5.41, 5.74) is 1.03. The molecule has 10 heteroatoms. The maximum absolute atomic E-state index is 13.5. The molecule has 1 heterocycles. The van der Waals surface area contributed by atoms with E-state index in [1.54, 1.807) is 13.8 Å². The molecular weight excluding hydrogens is 440 g/mol. The largest absolute Gasteiger partial charge is 0.462 e. The average Bonchev–Trinajstić information content (AvgIpc) is 2.78. The van der Waals surface area contributed by atoms with Crippen LogP contribution in [0.15, 0.2) is 59.6 Å². The molecule has 0 bridgehead atoms. The molecule has 0 aromatic heterocycles. The Hall–Kier alpha value is -4.08. The number of nitrogens with zero attached hydrogens (tertiary/aromatic N) is 4. The topological polar surface area (TPSA) is 122 Å². The molecule has 2 aromatic carbocycles. The van der Waals surface area contributed by atoms with Gasteiger partial charge in [-0.15, -0.1) is 0 Å². The molecule has 3 rings (SSSR count). The molecular formula is C24H26N4O6. The van der Waals surface area contributed by atoms with Gasteiger partial charge in [0.25, 0.3) is 5.69 Å². The highest BCUT2D eigenvalue weighted by atomic mass is 16.6. The number of aliphatic imine (C=N–C) groups is 1. The van der Waals surface area contributed by atoms with Gasteiger partial charge in [0.05, 0.1) is 17.1 Å². The van der Waals surface area contributed by atoms with E-state index < -0.39 is 41.0 Å². The highest BCUT2D eigenvalue weighted by molar-refractivity contribution is 6.11. The number of ether oxygens (including phenoxy) is 1. The summed E-state index contributed by atoms with van der Waals surface area (Å²) in [7, 11) is 1.53. The summed E-state index contributed by atoms with van der Waals surface area (Å²) in [6.07, 6.45) is -0.450. The first-order valence-corrected chi connectivity index (χ1v) is 10.7. The number of imide groups is 1. The minimum absolute atomic E-state index is 0.168. The normalized spacial score (nSPS) is 17.9. The van der Waals surface area contributed by atoms with Crippen molar-refractivity contribution in [3.8, 4) is 0 Å². The van der Waals surface area contributed by atoms with Gasteiger partial charge in [0.2, 0.25) is 0 Å². The fourth-order valence-corrected chi connectivity index (χ4v) is 3.85. The van der Waals surface area contributed by atoms with E-state index in [1.165, 1.54) is 43.1 Å². The summed E-state index contributed by atoms with van der Waals surface area (Å²) in [4.78, 5) is 56.5. The van der Waals surface area contributed by atoms with Gasteiger partial charge in [0.15, 0.2) is 0 Å². The van der Waals surface area contributed by atoms with E-state index in [1.807, 2.05) is 30.3 Å². The van der Waals surface area contributed by atoms with Gasteiger partial charge in [-0.1, -0.05) is 42.5 Å². The molecule has 2 unspecified atom stereocenters. The van der Waals surface area contributed by atoms with Crippen LogP contribution in [-0.4, -0.2) is 51.6 Å². The van der Waals surface area contributed by atoms with Crippen LogP contribution in [0.25, 0.3) is 0 Å². The lowest BCUT2D eigenvalue weighted by Gasteiger charge is -2.38. The molecule has 34 heavy (non-hydrogen) atoms. The monoisotopic (exact) mass is 466 g/mol. The van der Waals surface area contributed by atoms with Crippen molar-refractivity contribution < 1.29 is 24.0 Å². The van der Waals surface area contributed by atoms with Gasteiger partial charge in [-0.05, 0) is 31.9 Å². The molecule has 2 atom stereocenters. The second-order valence-corrected chi connectivity index (χ2v) is 8.29. The standard InChI is InChI=1S/C24H26N4O6/c1-15(2)34-22(29)20-16(3)25-23(30)27(21(20)18-11-8-12-19(13-18)28(32)33)24(31)26(4)14-17-9-6-5-7-10-17/h5-13,15,20-21H,14H2,1-4H3. The van der Waals surface area contributed by atoms with Gasteiger partial charge in [0, 0.05) is 31.4 Å². The molecule has 2 aromatic rings. The van der Waals surface area contributed by atoms with Crippen molar-refractivity contribution in [1.82, 2.24) is 9.80 Å². The van der Waals surface area contributed by atoms with Crippen molar-refractivity contribution in [2.24, 2.45) is 10.9 Å². The van der Waals surface area contributed by atoms with E-state index in [9.17, 15) is 24.5 Å². The molecule has 0 N–H and O–H groups in total. The molecule has 10 nitrogen and oxygen atoms in total. The minimum atomic E-state index is -1.16. The number of hydrogen-bond donors (Lipinski definition) is 0. The molecule has 0 aliphatic carbocycles. The van der Waals surface area contributed by atoms with Gasteiger partial charge in [-0.3, -0.25) is 14.9 Å². The van der Waals surface area contributed by atoms with E-state index in [4.69, 9.17) is 4.74 Å². The predicted octanol–water partition coefficient (Wildman–Crippen LogP) is 4.35. The Kier molecular flexibility index (Phi) is 7.40. The van der Waals surface area contributed by atoms with Crippen molar-refractivity contribution >= 4 is 29.4 Å². The van der Waals surface area contributed by atoms with Crippen molar-refractivity contribution in [1.29, 1.82) is 0 Å². The zero-order valence-electron chi connectivity index (χ0n) is 19.4. The van der Waals surface area contributed by atoms with Crippen molar-refractivity contribution in [3.05, 3.63) is 75.8 Å². The number of carbonyl (C=O) groups is 3.